The standard InChI is InChI=1S/C21H35N5O2/c1-4-26-15-18(17(2)22-26)14-24-7-5-21(6-8-24)13-19(23(3)16-21)20(27)25-9-11-28-12-10-25/h15,19H,4-14,16H2,1-3H3. The number of hydrogen-bond acceptors (Lipinski definition) is 5. The zero-order valence-corrected chi connectivity index (χ0v) is 17.7. The molecule has 1 unspecified atom stereocenters. The highest BCUT2D eigenvalue weighted by Gasteiger charge is 2.47. The van der Waals surface area contributed by atoms with Gasteiger partial charge >= 0.3 is 0 Å². The van der Waals surface area contributed by atoms with E-state index in [4.69, 9.17) is 4.74 Å². The molecule has 28 heavy (non-hydrogen) atoms. The molecule has 0 aliphatic carbocycles. The molecule has 4 rings (SSSR count). The van der Waals surface area contributed by atoms with Crippen LogP contribution in [-0.4, -0.2) is 89.4 Å². The number of likely N-dealkylation sites (tertiary alicyclic amines) is 2. The second-order valence-electron chi connectivity index (χ2n) is 8.94. The van der Waals surface area contributed by atoms with E-state index in [9.17, 15) is 4.79 Å². The first kappa shape index (κ1) is 19.9. The summed E-state index contributed by atoms with van der Waals surface area (Å²) in [5, 5.41) is 4.58. The van der Waals surface area contributed by atoms with Crippen LogP contribution in [0.5, 0.6) is 0 Å². The Morgan fingerprint density at radius 3 is 2.61 bits per heavy atom. The number of rotatable bonds is 4. The van der Waals surface area contributed by atoms with E-state index in [2.05, 4.69) is 42.0 Å². The van der Waals surface area contributed by atoms with Gasteiger partial charge in [0.15, 0.2) is 0 Å². The zero-order valence-electron chi connectivity index (χ0n) is 17.7. The first-order valence-corrected chi connectivity index (χ1v) is 10.8. The van der Waals surface area contributed by atoms with Crippen LogP contribution in [0.15, 0.2) is 6.20 Å². The molecular weight excluding hydrogens is 354 g/mol. The Morgan fingerprint density at radius 2 is 1.96 bits per heavy atom. The fourth-order valence-electron chi connectivity index (χ4n) is 5.21. The lowest BCUT2D eigenvalue weighted by molar-refractivity contribution is -0.139. The van der Waals surface area contributed by atoms with Gasteiger partial charge in [0.25, 0.3) is 0 Å². The van der Waals surface area contributed by atoms with E-state index in [0.717, 1.165) is 57.9 Å². The van der Waals surface area contributed by atoms with Crippen LogP contribution in [0.2, 0.25) is 0 Å². The Labute approximate surface area is 168 Å². The average Bonchev–Trinajstić information content (AvgIpc) is 3.23. The molecule has 1 amide bonds. The Morgan fingerprint density at radius 1 is 1.25 bits per heavy atom. The number of carbonyl (C=O) groups excluding carboxylic acids is 1. The van der Waals surface area contributed by atoms with Gasteiger partial charge in [0.1, 0.15) is 0 Å². The van der Waals surface area contributed by atoms with E-state index in [1.807, 2.05) is 9.58 Å². The van der Waals surface area contributed by atoms with Crippen molar-refractivity contribution in [3.8, 4) is 0 Å². The molecule has 1 aromatic heterocycles. The second-order valence-corrected chi connectivity index (χ2v) is 8.94. The van der Waals surface area contributed by atoms with Crippen LogP contribution < -0.4 is 0 Å². The minimum atomic E-state index is 0.0506. The number of carbonyl (C=O) groups is 1. The Balaban J connectivity index is 1.33. The summed E-state index contributed by atoms with van der Waals surface area (Å²) in [5.41, 5.74) is 2.81. The summed E-state index contributed by atoms with van der Waals surface area (Å²) >= 11 is 0. The van der Waals surface area contributed by atoms with Gasteiger partial charge in [-0.05, 0) is 58.7 Å². The highest BCUT2D eigenvalue weighted by Crippen LogP contribution is 2.43. The third-order valence-electron chi connectivity index (χ3n) is 7.03. The monoisotopic (exact) mass is 389 g/mol. The summed E-state index contributed by atoms with van der Waals surface area (Å²) in [6, 6.07) is 0.0506. The van der Waals surface area contributed by atoms with E-state index in [1.54, 1.807) is 0 Å². The first-order chi connectivity index (χ1) is 13.5. The van der Waals surface area contributed by atoms with Crippen molar-refractivity contribution in [2.24, 2.45) is 5.41 Å². The Hall–Kier alpha value is -1.44. The number of aryl methyl sites for hydroxylation is 2. The van der Waals surface area contributed by atoms with Crippen LogP contribution in [0.25, 0.3) is 0 Å². The number of likely N-dealkylation sites (N-methyl/N-ethyl adjacent to an activating group) is 1. The van der Waals surface area contributed by atoms with Crippen molar-refractivity contribution >= 4 is 5.91 Å². The van der Waals surface area contributed by atoms with Gasteiger partial charge in [0, 0.05) is 44.5 Å². The van der Waals surface area contributed by atoms with E-state index in [1.165, 1.54) is 18.4 Å². The number of hydrogen-bond donors (Lipinski definition) is 0. The quantitative estimate of drug-likeness (QED) is 0.778. The lowest BCUT2D eigenvalue weighted by Crippen LogP contribution is -2.48. The number of ether oxygens (including phenoxy) is 1. The van der Waals surface area contributed by atoms with Crippen LogP contribution in [0.3, 0.4) is 0 Å². The summed E-state index contributed by atoms with van der Waals surface area (Å²) in [5.74, 6) is 0.313. The van der Waals surface area contributed by atoms with Gasteiger partial charge < -0.3 is 9.64 Å². The molecule has 0 aromatic carbocycles. The smallest absolute Gasteiger partial charge is 0.240 e. The van der Waals surface area contributed by atoms with E-state index >= 15 is 0 Å². The molecule has 4 heterocycles. The van der Waals surface area contributed by atoms with E-state index in [-0.39, 0.29) is 6.04 Å². The van der Waals surface area contributed by atoms with Crippen molar-refractivity contribution < 1.29 is 9.53 Å². The number of nitrogens with zero attached hydrogens (tertiary/aromatic N) is 5. The zero-order chi connectivity index (χ0) is 19.7. The van der Waals surface area contributed by atoms with Crippen LogP contribution in [0.4, 0.5) is 0 Å². The third-order valence-corrected chi connectivity index (χ3v) is 7.03. The molecule has 3 saturated heterocycles. The van der Waals surface area contributed by atoms with E-state index < -0.39 is 0 Å². The van der Waals surface area contributed by atoms with Gasteiger partial charge in [-0.15, -0.1) is 0 Å². The maximum atomic E-state index is 13.0. The molecule has 0 bridgehead atoms. The van der Waals surface area contributed by atoms with Crippen molar-refractivity contribution in [3.05, 3.63) is 17.5 Å². The molecule has 3 aliphatic heterocycles. The van der Waals surface area contributed by atoms with Crippen molar-refractivity contribution in [2.45, 2.75) is 52.2 Å². The normalized spacial score (nSPS) is 26.2. The average molecular weight is 390 g/mol. The molecule has 7 nitrogen and oxygen atoms in total. The van der Waals surface area contributed by atoms with Crippen LogP contribution >= 0.6 is 0 Å². The third kappa shape index (κ3) is 3.98. The Bertz CT molecular complexity index is 689. The molecule has 0 saturated carbocycles. The lowest BCUT2D eigenvalue weighted by atomic mass is 9.76. The van der Waals surface area contributed by atoms with Crippen molar-refractivity contribution in [1.29, 1.82) is 0 Å². The highest BCUT2D eigenvalue weighted by molar-refractivity contribution is 5.82. The molecule has 1 atom stereocenters. The van der Waals surface area contributed by atoms with Crippen LogP contribution in [0, 0.1) is 12.3 Å². The minimum Gasteiger partial charge on any atom is -0.378 e. The fourth-order valence-corrected chi connectivity index (χ4v) is 5.21. The number of amides is 1. The van der Waals surface area contributed by atoms with Crippen LogP contribution in [0.1, 0.15) is 37.4 Å². The van der Waals surface area contributed by atoms with Crippen molar-refractivity contribution in [1.82, 2.24) is 24.5 Å². The van der Waals surface area contributed by atoms with Crippen molar-refractivity contribution in [2.75, 3.05) is 53.0 Å². The van der Waals surface area contributed by atoms with Crippen LogP contribution in [-0.2, 0) is 22.6 Å². The molecule has 3 fully saturated rings. The van der Waals surface area contributed by atoms with Gasteiger partial charge in [0.2, 0.25) is 5.91 Å². The molecule has 7 heteroatoms. The maximum Gasteiger partial charge on any atom is 0.240 e. The van der Waals surface area contributed by atoms with Gasteiger partial charge in [-0.2, -0.15) is 5.10 Å². The maximum absolute atomic E-state index is 13.0. The largest absolute Gasteiger partial charge is 0.378 e. The summed E-state index contributed by atoms with van der Waals surface area (Å²) < 4.78 is 7.44. The van der Waals surface area contributed by atoms with Gasteiger partial charge in [-0.25, -0.2) is 0 Å². The van der Waals surface area contributed by atoms with Gasteiger partial charge in [-0.1, -0.05) is 0 Å². The van der Waals surface area contributed by atoms with Crippen molar-refractivity contribution in [3.63, 3.8) is 0 Å². The summed E-state index contributed by atoms with van der Waals surface area (Å²) in [6.45, 7) is 12.3. The van der Waals surface area contributed by atoms with Gasteiger partial charge in [-0.3, -0.25) is 19.3 Å². The molecule has 1 spiro atoms. The predicted molar refractivity (Wildman–Crippen MR) is 108 cm³/mol. The number of piperidine rings is 1. The SMILES string of the molecule is CCn1cc(CN2CCC3(CC2)CC(C(=O)N2CCOCC2)N(C)C3)c(C)n1. The summed E-state index contributed by atoms with van der Waals surface area (Å²) in [4.78, 5) is 19.9. The number of aromatic nitrogens is 2. The first-order valence-electron chi connectivity index (χ1n) is 10.8. The minimum absolute atomic E-state index is 0.0506. The lowest BCUT2D eigenvalue weighted by Gasteiger charge is -2.39. The second kappa shape index (κ2) is 8.13. The molecule has 1 aromatic rings. The summed E-state index contributed by atoms with van der Waals surface area (Å²) in [7, 11) is 2.13. The highest BCUT2D eigenvalue weighted by atomic mass is 16.5. The molecule has 3 aliphatic rings. The predicted octanol–water partition coefficient (Wildman–Crippen LogP) is 1.36. The molecule has 0 radical (unpaired) electrons. The summed E-state index contributed by atoms with van der Waals surface area (Å²) in [6.07, 6.45) is 5.58. The fraction of sp³-hybridized carbons (Fsp3) is 0.810. The molecular formula is C21H35N5O2. The van der Waals surface area contributed by atoms with E-state index in [0.29, 0.717) is 24.5 Å². The molecule has 0 N–H and O–H groups in total. The van der Waals surface area contributed by atoms with Gasteiger partial charge in [0.05, 0.1) is 24.9 Å². The Kier molecular flexibility index (Phi) is 5.76. The topological polar surface area (TPSA) is 53.8 Å². The number of morpholine rings is 1. The molecule has 156 valence electrons.